The molecular weight excluding hydrogens is 276 g/mol. The van der Waals surface area contributed by atoms with E-state index in [-0.39, 0.29) is 0 Å². The fraction of sp³-hybridized carbons (Fsp3) is 0.786. The highest BCUT2D eigenvalue weighted by Crippen LogP contribution is 2.23. The highest BCUT2D eigenvalue weighted by molar-refractivity contribution is 7.11. The van der Waals surface area contributed by atoms with E-state index >= 15 is 0 Å². The van der Waals surface area contributed by atoms with Crippen LogP contribution in [0.15, 0.2) is 0 Å². The lowest BCUT2D eigenvalue weighted by atomic mass is 10.2. The van der Waals surface area contributed by atoms with Crippen molar-refractivity contribution in [3.63, 3.8) is 0 Å². The Hall–Kier alpha value is -0.530. The Balaban J connectivity index is 2.02. The molecule has 0 fully saturated rings. The van der Waals surface area contributed by atoms with Crippen LogP contribution in [0.3, 0.4) is 0 Å². The number of ether oxygens (including phenoxy) is 3. The van der Waals surface area contributed by atoms with E-state index in [0.29, 0.717) is 39.1 Å². The second-order valence-corrected chi connectivity index (χ2v) is 5.81. The zero-order valence-corrected chi connectivity index (χ0v) is 13.7. The quantitative estimate of drug-likeness (QED) is 0.634. The molecule has 1 aromatic rings. The molecule has 1 N–H and O–H groups in total. The first-order valence-electron chi connectivity index (χ1n) is 6.97. The van der Waals surface area contributed by atoms with Crippen LogP contribution >= 0.6 is 11.3 Å². The SMILES string of the molecule is COCCOCCOCCNC(C)c1sc(C)nc1C. The fourth-order valence-corrected chi connectivity index (χ4v) is 2.81. The number of methoxy groups -OCH3 is 1. The van der Waals surface area contributed by atoms with Crippen molar-refractivity contribution < 1.29 is 14.2 Å². The standard InChI is InChI=1S/C14H26N2O3S/c1-11(14-12(2)16-13(3)20-14)15-5-6-18-9-10-19-8-7-17-4/h11,15H,5-10H2,1-4H3. The first kappa shape index (κ1) is 17.5. The summed E-state index contributed by atoms with van der Waals surface area (Å²) in [4.78, 5) is 5.76. The van der Waals surface area contributed by atoms with Crippen LogP contribution < -0.4 is 5.32 Å². The number of nitrogens with zero attached hydrogens (tertiary/aromatic N) is 1. The summed E-state index contributed by atoms with van der Waals surface area (Å²) in [6.45, 7) is 10.3. The maximum absolute atomic E-state index is 5.50. The van der Waals surface area contributed by atoms with E-state index in [1.165, 1.54) is 4.88 Å². The topological polar surface area (TPSA) is 52.6 Å². The second kappa shape index (κ2) is 10.2. The molecular formula is C14H26N2O3S. The highest BCUT2D eigenvalue weighted by atomic mass is 32.1. The normalized spacial score (nSPS) is 12.8. The smallest absolute Gasteiger partial charge is 0.0900 e. The highest BCUT2D eigenvalue weighted by Gasteiger charge is 2.11. The minimum atomic E-state index is 0.322. The van der Waals surface area contributed by atoms with Crippen molar-refractivity contribution in [1.82, 2.24) is 10.3 Å². The Morgan fingerprint density at radius 2 is 1.75 bits per heavy atom. The first-order chi connectivity index (χ1) is 9.65. The molecule has 116 valence electrons. The summed E-state index contributed by atoms with van der Waals surface area (Å²) in [6, 6.07) is 0.322. The number of aromatic nitrogens is 1. The first-order valence-corrected chi connectivity index (χ1v) is 7.78. The molecule has 0 saturated carbocycles. The molecule has 0 aliphatic heterocycles. The number of thiazole rings is 1. The van der Waals surface area contributed by atoms with Gasteiger partial charge in [-0.3, -0.25) is 0 Å². The van der Waals surface area contributed by atoms with Gasteiger partial charge in [-0.05, 0) is 20.8 Å². The van der Waals surface area contributed by atoms with Crippen LogP contribution in [-0.2, 0) is 14.2 Å². The van der Waals surface area contributed by atoms with Crippen molar-refractivity contribution in [2.75, 3.05) is 46.7 Å². The summed E-state index contributed by atoms with van der Waals surface area (Å²) in [5.74, 6) is 0. The minimum Gasteiger partial charge on any atom is -0.382 e. The van der Waals surface area contributed by atoms with E-state index in [2.05, 4.69) is 24.1 Å². The van der Waals surface area contributed by atoms with Gasteiger partial charge in [-0.1, -0.05) is 0 Å². The van der Waals surface area contributed by atoms with Crippen molar-refractivity contribution in [2.24, 2.45) is 0 Å². The Morgan fingerprint density at radius 1 is 1.10 bits per heavy atom. The molecule has 0 saturated heterocycles. The lowest BCUT2D eigenvalue weighted by Crippen LogP contribution is -2.24. The second-order valence-electron chi connectivity index (χ2n) is 4.58. The molecule has 6 heteroatoms. The summed E-state index contributed by atoms with van der Waals surface area (Å²) in [5.41, 5.74) is 1.12. The van der Waals surface area contributed by atoms with Gasteiger partial charge in [-0.15, -0.1) is 11.3 Å². The molecule has 1 rings (SSSR count). The third kappa shape index (κ3) is 6.76. The molecule has 0 aliphatic rings. The Labute approximate surface area is 125 Å². The molecule has 1 unspecified atom stereocenters. The van der Waals surface area contributed by atoms with E-state index in [1.807, 2.05) is 6.92 Å². The summed E-state index contributed by atoms with van der Waals surface area (Å²) in [7, 11) is 1.67. The molecule has 0 amide bonds. The third-order valence-corrected chi connectivity index (χ3v) is 4.09. The van der Waals surface area contributed by atoms with Gasteiger partial charge in [0.25, 0.3) is 0 Å². The number of hydrogen-bond donors (Lipinski definition) is 1. The minimum absolute atomic E-state index is 0.322. The zero-order chi connectivity index (χ0) is 14.8. The van der Waals surface area contributed by atoms with Crippen molar-refractivity contribution in [2.45, 2.75) is 26.8 Å². The van der Waals surface area contributed by atoms with Crippen LogP contribution in [0, 0.1) is 13.8 Å². The fourth-order valence-electron chi connectivity index (χ4n) is 1.85. The molecule has 0 spiro atoms. The Morgan fingerprint density at radius 3 is 2.35 bits per heavy atom. The predicted molar refractivity (Wildman–Crippen MR) is 81.5 cm³/mol. The van der Waals surface area contributed by atoms with Crippen LogP contribution in [0.2, 0.25) is 0 Å². The van der Waals surface area contributed by atoms with Crippen LogP contribution in [0.1, 0.15) is 28.5 Å². The molecule has 1 atom stereocenters. The average Bonchev–Trinajstić information content (AvgIpc) is 2.75. The van der Waals surface area contributed by atoms with Crippen molar-refractivity contribution >= 4 is 11.3 Å². The summed E-state index contributed by atoms with van der Waals surface area (Å²) in [6.07, 6.45) is 0. The van der Waals surface area contributed by atoms with Gasteiger partial charge in [0.1, 0.15) is 0 Å². The molecule has 0 aromatic carbocycles. The number of rotatable bonds is 11. The Bertz CT molecular complexity index is 371. The van der Waals surface area contributed by atoms with Crippen LogP contribution in [0.25, 0.3) is 0 Å². The van der Waals surface area contributed by atoms with E-state index in [4.69, 9.17) is 14.2 Å². The van der Waals surface area contributed by atoms with Gasteiger partial charge in [0.2, 0.25) is 0 Å². The molecule has 0 radical (unpaired) electrons. The summed E-state index contributed by atoms with van der Waals surface area (Å²) < 4.78 is 15.7. The maximum Gasteiger partial charge on any atom is 0.0900 e. The number of hydrogen-bond acceptors (Lipinski definition) is 6. The van der Waals surface area contributed by atoms with Crippen molar-refractivity contribution in [3.05, 3.63) is 15.6 Å². The molecule has 0 aliphatic carbocycles. The van der Waals surface area contributed by atoms with Gasteiger partial charge in [-0.2, -0.15) is 0 Å². The largest absolute Gasteiger partial charge is 0.382 e. The van der Waals surface area contributed by atoms with E-state index in [9.17, 15) is 0 Å². The van der Waals surface area contributed by atoms with Gasteiger partial charge in [0.05, 0.1) is 43.7 Å². The Kier molecular flexibility index (Phi) is 8.97. The zero-order valence-electron chi connectivity index (χ0n) is 12.9. The summed E-state index contributed by atoms with van der Waals surface area (Å²) >= 11 is 1.76. The van der Waals surface area contributed by atoms with E-state index in [0.717, 1.165) is 17.2 Å². The molecule has 20 heavy (non-hydrogen) atoms. The van der Waals surface area contributed by atoms with E-state index in [1.54, 1.807) is 18.4 Å². The van der Waals surface area contributed by atoms with E-state index < -0.39 is 0 Å². The van der Waals surface area contributed by atoms with Crippen molar-refractivity contribution in [3.8, 4) is 0 Å². The molecule has 0 bridgehead atoms. The third-order valence-electron chi connectivity index (χ3n) is 2.83. The lowest BCUT2D eigenvalue weighted by molar-refractivity contribution is 0.0253. The number of nitrogens with one attached hydrogen (secondary N) is 1. The monoisotopic (exact) mass is 302 g/mol. The van der Waals surface area contributed by atoms with Crippen LogP contribution in [0.4, 0.5) is 0 Å². The van der Waals surface area contributed by atoms with Crippen molar-refractivity contribution in [1.29, 1.82) is 0 Å². The van der Waals surface area contributed by atoms with Crippen LogP contribution in [0.5, 0.6) is 0 Å². The maximum atomic E-state index is 5.50. The van der Waals surface area contributed by atoms with Gasteiger partial charge in [0, 0.05) is 24.6 Å². The van der Waals surface area contributed by atoms with Gasteiger partial charge in [0.15, 0.2) is 0 Å². The van der Waals surface area contributed by atoms with Crippen LogP contribution in [-0.4, -0.2) is 51.7 Å². The average molecular weight is 302 g/mol. The molecule has 1 heterocycles. The summed E-state index contributed by atoms with van der Waals surface area (Å²) in [5, 5.41) is 4.57. The van der Waals surface area contributed by atoms with Gasteiger partial charge in [-0.25, -0.2) is 4.98 Å². The lowest BCUT2D eigenvalue weighted by Gasteiger charge is -2.13. The van der Waals surface area contributed by atoms with Gasteiger partial charge >= 0.3 is 0 Å². The number of aryl methyl sites for hydroxylation is 2. The molecule has 1 aromatic heterocycles. The van der Waals surface area contributed by atoms with Gasteiger partial charge < -0.3 is 19.5 Å². The molecule has 5 nitrogen and oxygen atoms in total. The predicted octanol–water partition coefficient (Wildman–Crippen LogP) is 2.09.